The van der Waals surface area contributed by atoms with E-state index in [0.717, 1.165) is 0 Å². The van der Waals surface area contributed by atoms with E-state index < -0.39 is 11.5 Å². The van der Waals surface area contributed by atoms with Crippen molar-refractivity contribution in [3.63, 3.8) is 0 Å². The van der Waals surface area contributed by atoms with E-state index in [9.17, 15) is 0 Å². The Kier molecular flexibility index (Phi) is 15.7. The molecular formula is C6H9Cl3Sb2Zr. The van der Waals surface area contributed by atoms with Crippen LogP contribution in [0.25, 0.3) is 0 Å². The summed E-state index contributed by atoms with van der Waals surface area (Å²) in [6.07, 6.45) is 0. The smallest absolute Gasteiger partial charge is 1.00 e. The average Bonchev–Trinajstić information content (AvgIpc) is 1.98. The van der Waals surface area contributed by atoms with Crippen LogP contribution in [0.2, 0.25) is 0 Å². The van der Waals surface area contributed by atoms with Crippen LogP contribution >= 0.6 is 0 Å². The Morgan fingerprint density at radius 3 is 1.58 bits per heavy atom. The quantitative estimate of drug-likeness (QED) is 0.278. The van der Waals surface area contributed by atoms with E-state index in [0.29, 0.717) is 0 Å². The molecule has 0 bridgehead atoms. The van der Waals surface area contributed by atoms with Crippen molar-refractivity contribution >= 4 is 31.9 Å². The van der Waals surface area contributed by atoms with Crippen LogP contribution in [-0.2, 0) is 20.4 Å². The number of hydrogen-bond acceptors (Lipinski definition) is 0. The Hall–Kier alpha value is 3.00. The fraction of sp³-hybridized carbons (Fsp3) is 0.500. The summed E-state index contributed by atoms with van der Waals surface area (Å²) >= 11 is 1.63. The minimum atomic E-state index is -0.569. The molecule has 1 aliphatic rings. The second kappa shape index (κ2) is 9.24. The minimum absolute atomic E-state index is 0. The van der Waals surface area contributed by atoms with Crippen LogP contribution in [0.5, 0.6) is 0 Å². The molecule has 6 heteroatoms. The van der Waals surface area contributed by atoms with Gasteiger partial charge in [0.25, 0.3) is 0 Å². The normalized spacial score (nSPS) is 15.9. The molecule has 0 saturated carbocycles. The SMILES string of the molecule is C[C]1=[Sb][Sb]([Zr+3])[C](C)=C1C.[Cl-].[Cl-].[Cl-]. The van der Waals surface area contributed by atoms with Crippen LogP contribution in [0.3, 0.4) is 0 Å². The summed E-state index contributed by atoms with van der Waals surface area (Å²) in [7, 11) is 0. The van der Waals surface area contributed by atoms with E-state index >= 15 is 0 Å². The van der Waals surface area contributed by atoms with Crippen LogP contribution in [0, 0.1) is 0 Å². The van der Waals surface area contributed by atoms with Crippen molar-refractivity contribution in [2.75, 3.05) is 0 Å². The van der Waals surface area contributed by atoms with Gasteiger partial charge in [0.05, 0.1) is 0 Å². The molecule has 0 unspecified atom stereocenters. The molecule has 1 rings (SSSR count). The summed E-state index contributed by atoms with van der Waals surface area (Å²) in [5, 5.41) is 0. The maximum absolute atomic E-state index is 2.39. The fourth-order valence-corrected chi connectivity index (χ4v) is 38.8. The molecule has 0 fully saturated rings. The number of rotatable bonds is 0. The Morgan fingerprint density at radius 2 is 1.50 bits per heavy atom. The van der Waals surface area contributed by atoms with Gasteiger partial charge in [-0.05, 0) is 0 Å². The van der Waals surface area contributed by atoms with E-state index in [1.54, 1.807) is 5.57 Å². The van der Waals surface area contributed by atoms with Crippen molar-refractivity contribution in [2.45, 2.75) is 20.8 Å². The standard InChI is InChI=1S/C6H9.3ClH.2Sb.Zr/c1-4-6(3)5-2;;;;;;/h1-3H3;3*1H;;;/q;;;;;;+3/p-3. The topological polar surface area (TPSA) is 0 Å². The molecule has 0 aliphatic carbocycles. The summed E-state index contributed by atoms with van der Waals surface area (Å²) in [5.41, 5.74) is 1.71. The zero-order valence-corrected chi connectivity index (χ0v) is 16.9. The molecule has 0 aromatic heterocycles. The summed E-state index contributed by atoms with van der Waals surface area (Å²) < 4.78 is 3.72. The van der Waals surface area contributed by atoms with Gasteiger partial charge in [0, 0.05) is 0 Å². The minimum Gasteiger partial charge on any atom is -1.00 e. The zero-order valence-electron chi connectivity index (χ0n) is 7.03. The van der Waals surface area contributed by atoms with Gasteiger partial charge in [-0.15, -0.1) is 0 Å². The monoisotopic (exact) mass is 518 g/mol. The molecule has 0 N–H and O–H groups in total. The Balaban J connectivity index is -0.000000270. The molecule has 1 aliphatic heterocycles. The van der Waals surface area contributed by atoms with Crippen molar-refractivity contribution in [2.24, 2.45) is 0 Å². The Morgan fingerprint density at radius 1 is 1.08 bits per heavy atom. The van der Waals surface area contributed by atoms with Gasteiger partial charge in [0.1, 0.15) is 0 Å². The largest absolute Gasteiger partial charge is 1.00 e. The van der Waals surface area contributed by atoms with Gasteiger partial charge < -0.3 is 37.2 Å². The third-order valence-corrected chi connectivity index (χ3v) is 38.7. The second-order valence-corrected chi connectivity index (χ2v) is 45.7. The fourth-order valence-electron chi connectivity index (χ4n) is 0.721. The molecule has 0 saturated heterocycles. The van der Waals surface area contributed by atoms with Crippen molar-refractivity contribution in [1.82, 2.24) is 0 Å². The molecule has 0 aromatic carbocycles. The van der Waals surface area contributed by atoms with Crippen LogP contribution in [0.1, 0.15) is 20.8 Å². The molecule has 0 aromatic rings. The summed E-state index contributed by atoms with van der Waals surface area (Å²) in [5.74, 6) is 0. The third-order valence-electron chi connectivity index (χ3n) is 1.65. The molecule has 0 radical (unpaired) electrons. The van der Waals surface area contributed by atoms with Crippen molar-refractivity contribution in [3.05, 3.63) is 9.09 Å². The number of allylic oxidation sites excluding steroid dienone is 2. The molecule has 0 spiro atoms. The first kappa shape index (κ1) is 20.4. The van der Waals surface area contributed by atoms with Crippen LogP contribution in [0.4, 0.5) is 0 Å². The summed E-state index contributed by atoms with van der Waals surface area (Å²) in [6.45, 7) is 7.08. The number of hydrogen-bond donors (Lipinski definition) is 0. The van der Waals surface area contributed by atoms with Gasteiger partial charge in [0.2, 0.25) is 0 Å². The van der Waals surface area contributed by atoms with E-state index in [-0.39, 0.29) is 54.2 Å². The third kappa shape index (κ3) is 5.19. The molecule has 0 amide bonds. The molecule has 0 atom stereocenters. The summed E-state index contributed by atoms with van der Waals surface area (Å²) in [4.78, 5) is 0. The van der Waals surface area contributed by atoms with Crippen LogP contribution < -0.4 is 37.2 Å². The summed E-state index contributed by atoms with van der Waals surface area (Å²) in [6, 6.07) is 0. The first-order valence-electron chi connectivity index (χ1n) is 2.87. The first-order chi connectivity index (χ1) is 4.13. The molecule has 68 valence electrons. The molecule has 1 heterocycles. The van der Waals surface area contributed by atoms with E-state index in [1.165, 1.54) is 0 Å². The van der Waals surface area contributed by atoms with E-state index in [1.807, 2.05) is 27.4 Å². The van der Waals surface area contributed by atoms with Gasteiger partial charge in [-0.25, -0.2) is 0 Å². The molecule has 0 nitrogen and oxygen atoms in total. The van der Waals surface area contributed by atoms with Crippen molar-refractivity contribution < 1.29 is 57.6 Å². The predicted octanol–water partition coefficient (Wildman–Crippen LogP) is -8.18. The second-order valence-electron chi connectivity index (χ2n) is 2.21. The Labute approximate surface area is 117 Å². The first-order valence-corrected chi connectivity index (χ1v) is 22.9. The molecular weight excluding hydrogens is 513 g/mol. The van der Waals surface area contributed by atoms with E-state index in [2.05, 4.69) is 20.8 Å². The zero-order chi connectivity index (χ0) is 7.02. The van der Waals surface area contributed by atoms with Gasteiger partial charge >= 0.3 is 82.2 Å². The average molecular weight is 522 g/mol. The van der Waals surface area contributed by atoms with Crippen LogP contribution in [-0.4, -0.2) is 31.9 Å². The van der Waals surface area contributed by atoms with E-state index in [4.69, 9.17) is 0 Å². The molecule has 12 heavy (non-hydrogen) atoms. The maximum atomic E-state index is 2.39. The number of halogens is 3. The van der Waals surface area contributed by atoms with Crippen molar-refractivity contribution in [1.29, 1.82) is 0 Å². The van der Waals surface area contributed by atoms with Crippen LogP contribution in [0.15, 0.2) is 9.09 Å². The van der Waals surface area contributed by atoms with Gasteiger partial charge in [0.15, 0.2) is 0 Å². The van der Waals surface area contributed by atoms with Gasteiger partial charge in [-0.3, -0.25) is 0 Å². The van der Waals surface area contributed by atoms with Gasteiger partial charge in [-0.2, -0.15) is 0 Å². The Bertz CT molecular complexity index is 203. The maximum Gasteiger partial charge on any atom is -1.00 e. The van der Waals surface area contributed by atoms with Gasteiger partial charge in [-0.1, -0.05) is 0 Å². The van der Waals surface area contributed by atoms with Crippen molar-refractivity contribution in [3.8, 4) is 0 Å². The predicted molar refractivity (Wildman–Crippen MR) is 40.6 cm³/mol.